The Morgan fingerprint density at radius 3 is 2.56 bits per heavy atom. The number of hydrogen-bond donors (Lipinski definition) is 1. The van der Waals surface area contributed by atoms with Crippen molar-refractivity contribution in [1.82, 2.24) is 4.90 Å². The highest BCUT2D eigenvalue weighted by molar-refractivity contribution is 6.30. The molecule has 5 nitrogen and oxygen atoms in total. The number of carboxylic acid groups (broad SMARTS) is 1. The molecular formula is C21H24ClNO4. The van der Waals surface area contributed by atoms with Gasteiger partial charge in [0.05, 0.1) is 26.2 Å². The Bertz CT molecular complexity index is 793. The van der Waals surface area contributed by atoms with Crippen LogP contribution in [0.15, 0.2) is 42.5 Å². The van der Waals surface area contributed by atoms with Gasteiger partial charge in [-0.3, -0.25) is 9.69 Å². The van der Waals surface area contributed by atoms with Crippen LogP contribution in [0.5, 0.6) is 11.5 Å². The molecule has 2 aromatic rings. The summed E-state index contributed by atoms with van der Waals surface area (Å²) in [5.74, 6) is 0.204. The molecule has 1 heterocycles. The highest BCUT2D eigenvalue weighted by Crippen LogP contribution is 2.41. The third kappa shape index (κ3) is 4.20. The van der Waals surface area contributed by atoms with Gasteiger partial charge in [-0.2, -0.15) is 0 Å². The van der Waals surface area contributed by atoms with E-state index in [0.29, 0.717) is 29.5 Å². The van der Waals surface area contributed by atoms with Crippen LogP contribution in [0.1, 0.15) is 30.0 Å². The second-order valence-corrected chi connectivity index (χ2v) is 7.15. The summed E-state index contributed by atoms with van der Waals surface area (Å²) in [6.45, 7) is 1.31. The average molecular weight is 390 g/mol. The fraction of sp³-hybridized carbons (Fsp3) is 0.381. The number of ether oxygens (including phenoxy) is 2. The zero-order valence-corrected chi connectivity index (χ0v) is 16.3. The molecule has 0 aromatic heterocycles. The van der Waals surface area contributed by atoms with E-state index in [4.69, 9.17) is 21.1 Å². The van der Waals surface area contributed by atoms with Crippen LogP contribution in [0.2, 0.25) is 5.02 Å². The summed E-state index contributed by atoms with van der Waals surface area (Å²) in [5.41, 5.74) is 1.99. The van der Waals surface area contributed by atoms with Gasteiger partial charge in [-0.15, -0.1) is 0 Å². The number of nitrogens with zero attached hydrogens (tertiary/aromatic N) is 1. The second kappa shape index (κ2) is 8.63. The first kappa shape index (κ1) is 19.5. The largest absolute Gasteiger partial charge is 0.493 e. The van der Waals surface area contributed by atoms with Gasteiger partial charge < -0.3 is 14.6 Å². The summed E-state index contributed by atoms with van der Waals surface area (Å²) in [5, 5.41) is 10.2. The maximum Gasteiger partial charge on any atom is 0.307 e. The Labute approximate surface area is 164 Å². The number of methoxy groups -OCH3 is 2. The van der Waals surface area contributed by atoms with Crippen molar-refractivity contribution in [2.24, 2.45) is 5.92 Å². The van der Waals surface area contributed by atoms with E-state index in [1.165, 1.54) is 0 Å². The fourth-order valence-corrected chi connectivity index (χ4v) is 3.93. The molecule has 1 N–H and O–H groups in total. The van der Waals surface area contributed by atoms with E-state index in [-0.39, 0.29) is 12.0 Å². The average Bonchev–Trinajstić information content (AvgIpc) is 2.69. The zero-order chi connectivity index (χ0) is 19.4. The Balaban J connectivity index is 2.08. The Morgan fingerprint density at radius 1 is 1.19 bits per heavy atom. The van der Waals surface area contributed by atoms with Crippen molar-refractivity contribution >= 4 is 17.6 Å². The van der Waals surface area contributed by atoms with E-state index in [0.717, 1.165) is 24.1 Å². The third-order valence-corrected chi connectivity index (χ3v) is 5.33. The van der Waals surface area contributed by atoms with Crippen molar-refractivity contribution in [1.29, 1.82) is 0 Å². The third-order valence-electron chi connectivity index (χ3n) is 5.08. The molecule has 1 aliphatic rings. The van der Waals surface area contributed by atoms with Crippen LogP contribution < -0.4 is 9.47 Å². The molecule has 6 heteroatoms. The van der Waals surface area contributed by atoms with Gasteiger partial charge in [0, 0.05) is 17.1 Å². The molecule has 2 unspecified atom stereocenters. The molecule has 2 aromatic carbocycles. The normalized spacial score (nSPS) is 18.7. The number of piperidine rings is 1. The predicted octanol–water partition coefficient (Wildman–Crippen LogP) is 4.24. The van der Waals surface area contributed by atoms with Crippen molar-refractivity contribution in [3.63, 3.8) is 0 Å². The highest BCUT2D eigenvalue weighted by atomic mass is 35.5. The van der Waals surface area contributed by atoms with Crippen LogP contribution >= 0.6 is 11.6 Å². The number of carboxylic acids is 1. The Kier molecular flexibility index (Phi) is 6.24. The van der Waals surface area contributed by atoms with E-state index < -0.39 is 5.97 Å². The lowest BCUT2D eigenvalue weighted by Crippen LogP contribution is -2.41. The van der Waals surface area contributed by atoms with E-state index in [2.05, 4.69) is 4.90 Å². The van der Waals surface area contributed by atoms with Gasteiger partial charge in [0.1, 0.15) is 0 Å². The van der Waals surface area contributed by atoms with Crippen molar-refractivity contribution in [3.05, 3.63) is 58.6 Å². The molecule has 3 rings (SSSR count). The minimum absolute atomic E-state index is 0.144. The number of hydrogen-bond acceptors (Lipinski definition) is 4. The summed E-state index contributed by atoms with van der Waals surface area (Å²) in [7, 11) is 3.23. The number of rotatable bonds is 6. The SMILES string of the molecule is COc1cccc(C(c2ccc(Cl)cc2)N2CCCC(C(=O)O)C2)c1OC. The van der Waals surface area contributed by atoms with Crippen molar-refractivity contribution in [3.8, 4) is 11.5 Å². The molecule has 1 fully saturated rings. The van der Waals surface area contributed by atoms with Gasteiger partial charge >= 0.3 is 5.97 Å². The molecular weight excluding hydrogens is 366 g/mol. The quantitative estimate of drug-likeness (QED) is 0.800. The number of halogens is 1. The molecule has 0 amide bonds. The van der Waals surface area contributed by atoms with E-state index in [1.54, 1.807) is 14.2 Å². The molecule has 0 aliphatic carbocycles. The Morgan fingerprint density at radius 2 is 1.93 bits per heavy atom. The van der Waals surface area contributed by atoms with Gasteiger partial charge in [0.15, 0.2) is 11.5 Å². The van der Waals surface area contributed by atoms with Crippen LogP contribution in [-0.2, 0) is 4.79 Å². The maximum atomic E-state index is 11.6. The highest BCUT2D eigenvalue weighted by Gasteiger charge is 2.33. The number of para-hydroxylation sites is 1. The topological polar surface area (TPSA) is 59.0 Å². The molecule has 1 aliphatic heterocycles. The van der Waals surface area contributed by atoms with Crippen LogP contribution in [0.4, 0.5) is 0 Å². The smallest absolute Gasteiger partial charge is 0.307 e. The molecule has 0 spiro atoms. The van der Waals surface area contributed by atoms with Crippen molar-refractivity contribution in [2.75, 3.05) is 27.3 Å². The molecule has 0 radical (unpaired) electrons. The molecule has 2 atom stereocenters. The lowest BCUT2D eigenvalue weighted by molar-refractivity contribution is -0.143. The molecule has 144 valence electrons. The van der Waals surface area contributed by atoms with Crippen LogP contribution in [-0.4, -0.2) is 43.3 Å². The number of carbonyl (C=O) groups is 1. The standard InChI is InChI=1S/C21H24ClNO4/c1-26-18-7-3-6-17(20(18)27-2)19(14-8-10-16(22)11-9-14)23-12-4-5-15(13-23)21(24)25/h3,6-11,15,19H,4-5,12-13H2,1-2H3,(H,24,25). The first-order valence-electron chi connectivity index (χ1n) is 8.98. The fourth-order valence-electron chi connectivity index (χ4n) is 3.80. The number of aliphatic carboxylic acids is 1. The summed E-state index contributed by atoms with van der Waals surface area (Å²) < 4.78 is 11.1. The number of likely N-dealkylation sites (tertiary alicyclic amines) is 1. The van der Waals surface area contributed by atoms with Gasteiger partial charge in [-0.05, 0) is 43.1 Å². The summed E-state index contributed by atoms with van der Waals surface area (Å²) in [4.78, 5) is 13.8. The minimum atomic E-state index is -0.743. The predicted molar refractivity (Wildman–Crippen MR) is 105 cm³/mol. The lowest BCUT2D eigenvalue weighted by Gasteiger charge is -2.38. The Hall–Kier alpha value is -2.24. The summed E-state index contributed by atoms with van der Waals surface area (Å²) in [6, 6.07) is 13.3. The first-order valence-corrected chi connectivity index (χ1v) is 9.36. The molecule has 1 saturated heterocycles. The van der Waals surface area contributed by atoms with Crippen LogP contribution in [0.25, 0.3) is 0 Å². The zero-order valence-electron chi connectivity index (χ0n) is 15.5. The monoisotopic (exact) mass is 389 g/mol. The van der Waals surface area contributed by atoms with Gasteiger partial charge in [0.2, 0.25) is 0 Å². The van der Waals surface area contributed by atoms with Crippen LogP contribution in [0.3, 0.4) is 0 Å². The summed E-state index contributed by atoms with van der Waals surface area (Å²) >= 11 is 6.08. The lowest BCUT2D eigenvalue weighted by atomic mass is 9.91. The first-order chi connectivity index (χ1) is 13.0. The van der Waals surface area contributed by atoms with Gasteiger partial charge in [-0.25, -0.2) is 0 Å². The van der Waals surface area contributed by atoms with Crippen LogP contribution in [0, 0.1) is 5.92 Å². The van der Waals surface area contributed by atoms with E-state index in [1.807, 2.05) is 42.5 Å². The minimum Gasteiger partial charge on any atom is -0.493 e. The van der Waals surface area contributed by atoms with Crippen molar-refractivity contribution < 1.29 is 19.4 Å². The van der Waals surface area contributed by atoms with Gasteiger partial charge in [0.25, 0.3) is 0 Å². The van der Waals surface area contributed by atoms with Crippen molar-refractivity contribution in [2.45, 2.75) is 18.9 Å². The van der Waals surface area contributed by atoms with E-state index >= 15 is 0 Å². The van der Waals surface area contributed by atoms with E-state index in [9.17, 15) is 9.90 Å². The second-order valence-electron chi connectivity index (χ2n) is 6.71. The van der Waals surface area contributed by atoms with Gasteiger partial charge in [-0.1, -0.05) is 35.9 Å². The molecule has 0 bridgehead atoms. The molecule has 0 saturated carbocycles. The molecule has 27 heavy (non-hydrogen) atoms. The maximum absolute atomic E-state index is 11.6. The summed E-state index contributed by atoms with van der Waals surface area (Å²) in [6.07, 6.45) is 1.54. The number of benzene rings is 2.